The minimum absolute atomic E-state index is 0.0652. The number of rotatable bonds is 10. The van der Waals surface area contributed by atoms with E-state index in [-0.39, 0.29) is 18.0 Å². The van der Waals surface area contributed by atoms with E-state index in [1.54, 1.807) is 35.8 Å². The van der Waals surface area contributed by atoms with E-state index < -0.39 is 5.97 Å². The summed E-state index contributed by atoms with van der Waals surface area (Å²) in [5, 5.41) is 0. The van der Waals surface area contributed by atoms with Crippen LogP contribution in [0.4, 0.5) is 4.39 Å². The van der Waals surface area contributed by atoms with Crippen LogP contribution in [-0.2, 0) is 22.5 Å². The molecule has 0 N–H and O–H groups in total. The lowest BCUT2D eigenvalue weighted by Crippen LogP contribution is -2.19. The number of hydrogen-bond donors (Lipinski definition) is 0. The molecule has 0 radical (unpaired) electrons. The van der Waals surface area contributed by atoms with Crippen LogP contribution in [0, 0.1) is 5.82 Å². The Bertz CT molecular complexity index is 1380. The molecule has 1 heterocycles. The Hall–Kier alpha value is -4.19. The first-order valence-electron chi connectivity index (χ1n) is 12.0. The topological polar surface area (TPSA) is 57.5 Å². The van der Waals surface area contributed by atoms with Crippen molar-refractivity contribution < 1.29 is 18.7 Å². The van der Waals surface area contributed by atoms with E-state index in [1.807, 2.05) is 54.7 Å². The number of aryl methyl sites for hydroxylation is 2. The van der Waals surface area contributed by atoms with Crippen LogP contribution >= 0.6 is 0 Å². The second-order valence-electron chi connectivity index (χ2n) is 8.35. The van der Waals surface area contributed by atoms with Crippen molar-refractivity contribution in [1.82, 2.24) is 4.57 Å². The molecule has 0 saturated heterocycles. The quantitative estimate of drug-likeness (QED) is 0.263. The van der Waals surface area contributed by atoms with Crippen LogP contribution in [0.2, 0.25) is 0 Å². The number of halogens is 1. The van der Waals surface area contributed by atoms with Gasteiger partial charge in [-0.25, -0.2) is 9.18 Å². The summed E-state index contributed by atoms with van der Waals surface area (Å²) in [6, 6.07) is 25.3. The zero-order valence-corrected chi connectivity index (χ0v) is 20.2. The smallest absolute Gasteiger partial charge is 0.344 e. The molecule has 4 aromatic rings. The van der Waals surface area contributed by atoms with Gasteiger partial charge in [-0.05, 0) is 77.9 Å². The fraction of sp³-hybridized carbons (Fsp3) is 0.200. The molecule has 3 aromatic carbocycles. The molecule has 0 aliphatic rings. The maximum absolute atomic E-state index is 13.4. The molecular formula is C30H28FNO4. The molecule has 184 valence electrons. The highest BCUT2D eigenvalue weighted by atomic mass is 19.1. The van der Waals surface area contributed by atoms with Crippen LogP contribution < -0.4 is 10.3 Å². The maximum atomic E-state index is 13.4. The van der Waals surface area contributed by atoms with Crippen LogP contribution in [-0.4, -0.2) is 23.8 Å². The number of carbonyl (C=O) groups is 1. The van der Waals surface area contributed by atoms with Gasteiger partial charge in [-0.15, -0.1) is 0 Å². The highest BCUT2D eigenvalue weighted by Gasteiger charge is 2.09. The summed E-state index contributed by atoms with van der Waals surface area (Å²) in [5.41, 5.74) is 4.78. The van der Waals surface area contributed by atoms with Crippen molar-refractivity contribution in [3.05, 3.63) is 113 Å². The van der Waals surface area contributed by atoms with Crippen LogP contribution in [0.3, 0.4) is 0 Å². The van der Waals surface area contributed by atoms with Crippen LogP contribution in [0.1, 0.15) is 18.9 Å². The molecule has 0 unspecified atom stereocenters. The fourth-order valence-corrected chi connectivity index (χ4v) is 4.07. The third-order valence-electron chi connectivity index (χ3n) is 5.80. The van der Waals surface area contributed by atoms with Crippen molar-refractivity contribution in [3.8, 4) is 28.0 Å². The van der Waals surface area contributed by atoms with E-state index in [1.165, 1.54) is 12.1 Å². The number of aromatic nitrogens is 1. The monoisotopic (exact) mass is 485 g/mol. The van der Waals surface area contributed by atoms with Crippen molar-refractivity contribution in [2.75, 3.05) is 13.2 Å². The van der Waals surface area contributed by atoms with Gasteiger partial charge in [0, 0.05) is 18.8 Å². The maximum Gasteiger partial charge on any atom is 0.344 e. The minimum atomic E-state index is -0.400. The molecular weight excluding hydrogens is 457 g/mol. The fourth-order valence-electron chi connectivity index (χ4n) is 4.07. The number of pyridine rings is 1. The van der Waals surface area contributed by atoms with Gasteiger partial charge in [0.05, 0.1) is 6.61 Å². The summed E-state index contributed by atoms with van der Waals surface area (Å²) in [6.07, 6.45) is 3.38. The van der Waals surface area contributed by atoms with Gasteiger partial charge in [-0.3, -0.25) is 4.79 Å². The molecule has 0 aliphatic heterocycles. The summed E-state index contributed by atoms with van der Waals surface area (Å²) < 4.78 is 25.5. The minimum Gasteiger partial charge on any atom is -0.482 e. The van der Waals surface area contributed by atoms with Crippen molar-refractivity contribution in [1.29, 1.82) is 0 Å². The predicted molar refractivity (Wildman–Crippen MR) is 138 cm³/mol. The third kappa shape index (κ3) is 6.48. The molecule has 6 heteroatoms. The van der Waals surface area contributed by atoms with Gasteiger partial charge in [-0.1, -0.05) is 48.5 Å². The lowest BCUT2D eigenvalue weighted by Gasteiger charge is -2.13. The van der Waals surface area contributed by atoms with E-state index in [0.717, 1.165) is 40.7 Å². The highest BCUT2D eigenvalue weighted by molar-refractivity contribution is 5.83. The van der Waals surface area contributed by atoms with E-state index in [4.69, 9.17) is 9.47 Å². The lowest BCUT2D eigenvalue weighted by molar-refractivity contribution is -0.145. The summed E-state index contributed by atoms with van der Waals surface area (Å²) in [5.74, 6) is -0.0684. The van der Waals surface area contributed by atoms with Gasteiger partial charge in [0.1, 0.15) is 11.6 Å². The van der Waals surface area contributed by atoms with Crippen LogP contribution in [0.25, 0.3) is 22.3 Å². The van der Waals surface area contributed by atoms with Gasteiger partial charge < -0.3 is 14.0 Å². The van der Waals surface area contributed by atoms with Crippen molar-refractivity contribution in [2.45, 2.75) is 26.3 Å². The van der Waals surface area contributed by atoms with Gasteiger partial charge in [0.15, 0.2) is 6.61 Å². The number of esters is 1. The van der Waals surface area contributed by atoms with E-state index in [9.17, 15) is 14.0 Å². The normalized spacial score (nSPS) is 10.7. The van der Waals surface area contributed by atoms with Crippen LogP contribution in [0.15, 0.2) is 95.9 Å². The third-order valence-corrected chi connectivity index (χ3v) is 5.80. The molecule has 4 rings (SSSR count). The number of ether oxygens (including phenoxy) is 2. The number of nitrogens with zero attached hydrogens (tertiary/aromatic N) is 1. The average molecular weight is 486 g/mol. The number of hydrogen-bond acceptors (Lipinski definition) is 4. The first kappa shape index (κ1) is 24.9. The van der Waals surface area contributed by atoms with Crippen molar-refractivity contribution in [2.24, 2.45) is 0 Å². The molecule has 1 aromatic heterocycles. The molecule has 5 nitrogen and oxygen atoms in total. The second kappa shape index (κ2) is 12.0. The van der Waals surface area contributed by atoms with Gasteiger partial charge in [0.25, 0.3) is 5.56 Å². The second-order valence-corrected chi connectivity index (χ2v) is 8.35. The Kier molecular flexibility index (Phi) is 8.29. The molecule has 0 aliphatic carbocycles. The highest BCUT2D eigenvalue weighted by Crippen LogP contribution is 2.31. The molecule has 0 amide bonds. The van der Waals surface area contributed by atoms with Gasteiger partial charge in [0.2, 0.25) is 0 Å². The van der Waals surface area contributed by atoms with Crippen molar-refractivity contribution in [3.63, 3.8) is 0 Å². The number of benzene rings is 3. The van der Waals surface area contributed by atoms with Crippen LogP contribution in [0.5, 0.6) is 5.75 Å². The Morgan fingerprint density at radius 1 is 0.889 bits per heavy atom. The summed E-state index contributed by atoms with van der Waals surface area (Å²) in [7, 11) is 0. The van der Waals surface area contributed by atoms with Gasteiger partial charge in [-0.2, -0.15) is 0 Å². The summed E-state index contributed by atoms with van der Waals surface area (Å²) in [6.45, 7) is 2.50. The van der Waals surface area contributed by atoms with E-state index >= 15 is 0 Å². The number of carbonyl (C=O) groups excluding carboxylic acids is 1. The standard InChI is InChI=1S/C30H28FNO4/c1-2-35-30(34)21-36-26-9-5-7-22(19-26)8-6-18-32-20-24(14-17-29(32)33)28-11-4-3-10-27(28)23-12-15-25(31)16-13-23/h3-5,7,9-17,19-20H,2,6,8,18,21H2,1H3. The Labute approximate surface area is 209 Å². The molecule has 0 saturated carbocycles. The van der Waals surface area contributed by atoms with Gasteiger partial charge >= 0.3 is 5.97 Å². The SMILES string of the molecule is CCOC(=O)COc1cccc(CCCn2cc(-c3ccccc3-c3ccc(F)cc3)ccc2=O)c1. The Balaban J connectivity index is 1.45. The Morgan fingerprint density at radius 3 is 2.36 bits per heavy atom. The molecule has 36 heavy (non-hydrogen) atoms. The predicted octanol–water partition coefficient (Wildman–Crippen LogP) is 5.90. The first-order valence-corrected chi connectivity index (χ1v) is 12.0. The van der Waals surface area contributed by atoms with E-state index in [2.05, 4.69) is 0 Å². The van der Waals surface area contributed by atoms with Crippen molar-refractivity contribution >= 4 is 5.97 Å². The summed E-state index contributed by atoms with van der Waals surface area (Å²) >= 11 is 0. The first-order chi connectivity index (χ1) is 17.5. The zero-order chi connectivity index (χ0) is 25.3. The molecule has 0 atom stereocenters. The largest absolute Gasteiger partial charge is 0.482 e. The summed E-state index contributed by atoms with van der Waals surface area (Å²) in [4.78, 5) is 24.1. The lowest BCUT2D eigenvalue weighted by atomic mass is 9.95. The molecule has 0 spiro atoms. The molecule has 0 fully saturated rings. The Morgan fingerprint density at radius 2 is 1.61 bits per heavy atom. The van der Waals surface area contributed by atoms with E-state index in [0.29, 0.717) is 18.9 Å². The molecule has 0 bridgehead atoms. The average Bonchev–Trinajstić information content (AvgIpc) is 2.89. The zero-order valence-electron chi connectivity index (χ0n) is 20.2.